The molecule has 4 nitrogen and oxygen atoms in total. The average molecular weight is 284 g/mol. The molecule has 0 aromatic carbocycles. The number of rotatable bonds is 2. The standard InChI is InChI=1S/C11H21N3O.2ClH/c1-8(12)11(15)13-9-5-7-14-6-3-2-4-10(9)14;;/h8-10H,2-7,12H2,1H3,(H,13,15);2*1H/t8-,9?,10?;;/m1../s1. The minimum atomic E-state index is -0.386. The van der Waals surface area contributed by atoms with Gasteiger partial charge in [-0.3, -0.25) is 9.69 Å². The van der Waals surface area contributed by atoms with Gasteiger partial charge in [0.05, 0.1) is 6.04 Å². The molecule has 0 aromatic rings. The molecule has 6 heteroatoms. The van der Waals surface area contributed by atoms with E-state index in [1.54, 1.807) is 6.92 Å². The molecule has 2 rings (SSSR count). The van der Waals surface area contributed by atoms with Gasteiger partial charge in [0.1, 0.15) is 0 Å². The quantitative estimate of drug-likeness (QED) is 0.793. The molecule has 1 amide bonds. The number of carbonyl (C=O) groups is 1. The first-order chi connectivity index (χ1) is 7.18. The third kappa shape index (κ3) is 3.98. The van der Waals surface area contributed by atoms with Gasteiger partial charge in [-0.15, -0.1) is 24.8 Å². The van der Waals surface area contributed by atoms with E-state index < -0.39 is 0 Å². The van der Waals surface area contributed by atoms with E-state index in [1.165, 1.54) is 25.8 Å². The highest BCUT2D eigenvalue weighted by Crippen LogP contribution is 2.26. The Morgan fingerprint density at radius 1 is 1.29 bits per heavy atom. The van der Waals surface area contributed by atoms with Gasteiger partial charge in [-0.25, -0.2) is 0 Å². The lowest BCUT2D eigenvalue weighted by Gasteiger charge is -2.32. The summed E-state index contributed by atoms with van der Waals surface area (Å²) >= 11 is 0. The van der Waals surface area contributed by atoms with Crippen molar-refractivity contribution in [1.29, 1.82) is 0 Å². The summed E-state index contributed by atoms with van der Waals surface area (Å²) in [4.78, 5) is 14.0. The fourth-order valence-corrected chi connectivity index (χ4v) is 2.73. The van der Waals surface area contributed by atoms with E-state index in [0.29, 0.717) is 12.1 Å². The second-order valence-electron chi connectivity index (χ2n) is 4.79. The highest BCUT2D eigenvalue weighted by molar-refractivity contribution is 5.85. The molecule has 2 saturated heterocycles. The number of fused-ring (bicyclic) bond motifs is 1. The number of nitrogens with zero attached hydrogens (tertiary/aromatic N) is 1. The largest absolute Gasteiger partial charge is 0.350 e. The maximum atomic E-state index is 11.5. The Balaban J connectivity index is 0.00000128. The van der Waals surface area contributed by atoms with Crippen molar-refractivity contribution in [1.82, 2.24) is 10.2 Å². The van der Waals surface area contributed by atoms with Crippen LogP contribution in [0, 0.1) is 0 Å². The van der Waals surface area contributed by atoms with Gasteiger partial charge in [0.15, 0.2) is 0 Å². The van der Waals surface area contributed by atoms with Gasteiger partial charge in [-0.05, 0) is 32.7 Å². The minimum absolute atomic E-state index is 0. The van der Waals surface area contributed by atoms with Crippen molar-refractivity contribution in [3.8, 4) is 0 Å². The van der Waals surface area contributed by atoms with Crippen molar-refractivity contribution < 1.29 is 4.79 Å². The maximum absolute atomic E-state index is 11.5. The van der Waals surface area contributed by atoms with Crippen LogP contribution in [-0.4, -0.2) is 42.0 Å². The van der Waals surface area contributed by atoms with Crippen LogP contribution in [0.5, 0.6) is 0 Å². The number of nitrogens with one attached hydrogen (secondary N) is 1. The molecule has 0 aromatic heterocycles. The maximum Gasteiger partial charge on any atom is 0.236 e. The van der Waals surface area contributed by atoms with Crippen molar-refractivity contribution in [2.75, 3.05) is 13.1 Å². The molecule has 2 aliphatic rings. The van der Waals surface area contributed by atoms with Crippen LogP contribution in [0.2, 0.25) is 0 Å². The zero-order chi connectivity index (χ0) is 10.8. The first-order valence-corrected chi connectivity index (χ1v) is 5.98. The summed E-state index contributed by atoms with van der Waals surface area (Å²) < 4.78 is 0. The zero-order valence-corrected chi connectivity index (χ0v) is 11.9. The molecule has 2 unspecified atom stereocenters. The van der Waals surface area contributed by atoms with E-state index in [1.807, 2.05) is 0 Å². The normalized spacial score (nSPS) is 29.5. The van der Waals surface area contributed by atoms with Gasteiger partial charge in [0.2, 0.25) is 5.91 Å². The summed E-state index contributed by atoms with van der Waals surface area (Å²) in [6.07, 6.45) is 4.92. The topological polar surface area (TPSA) is 58.4 Å². The summed E-state index contributed by atoms with van der Waals surface area (Å²) in [7, 11) is 0. The van der Waals surface area contributed by atoms with E-state index in [9.17, 15) is 4.79 Å². The van der Waals surface area contributed by atoms with Gasteiger partial charge >= 0.3 is 0 Å². The van der Waals surface area contributed by atoms with E-state index in [0.717, 1.165) is 13.0 Å². The molecule has 0 saturated carbocycles. The molecule has 0 radical (unpaired) electrons. The summed E-state index contributed by atoms with van der Waals surface area (Å²) in [5, 5.41) is 3.07. The summed E-state index contributed by atoms with van der Waals surface area (Å²) in [5.74, 6) is -0.00702. The molecule has 17 heavy (non-hydrogen) atoms. The van der Waals surface area contributed by atoms with Crippen molar-refractivity contribution in [2.24, 2.45) is 5.73 Å². The van der Waals surface area contributed by atoms with Crippen molar-refractivity contribution in [3.05, 3.63) is 0 Å². The third-order valence-electron chi connectivity index (χ3n) is 3.60. The molecule has 0 bridgehead atoms. The van der Waals surface area contributed by atoms with Crippen molar-refractivity contribution >= 4 is 30.7 Å². The monoisotopic (exact) mass is 283 g/mol. The highest BCUT2D eigenvalue weighted by atomic mass is 35.5. The van der Waals surface area contributed by atoms with Gasteiger partial charge in [-0.2, -0.15) is 0 Å². The molecule has 3 atom stereocenters. The number of carbonyl (C=O) groups excluding carboxylic acids is 1. The SMILES string of the molecule is C[C@@H](N)C(=O)NC1CCN2CCCCC12.Cl.Cl. The molecule has 2 aliphatic heterocycles. The van der Waals surface area contributed by atoms with E-state index >= 15 is 0 Å². The smallest absolute Gasteiger partial charge is 0.236 e. The Bertz CT molecular complexity index is 251. The first-order valence-electron chi connectivity index (χ1n) is 5.98. The summed E-state index contributed by atoms with van der Waals surface area (Å²) in [6.45, 7) is 4.08. The van der Waals surface area contributed by atoms with Crippen LogP contribution in [0.15, 0.2) is 0 Å². The summed E-state index contributed by atoms with van der Waals surface area (Å²) in [5.41, 5.74) is 5.56. The predicted octanol–water partition coefficient (Wildman–Crippen LogP) is 0.920. The average Bonchev–Trinajstić information content (AvgIpc) is 2.62. The van der Waals surface area contributed by atoms with E-state index in [2.05, 4.69) is 10.2 Å². The Morgan fingerprint density at radius 3 is 2.65 bits per heavy atom. The molecule has 3 N–H and O–H groups in total. The van der Waals surface area contributed by atoms with E-state index in [-0.39, 0.29) is 36.8 Å². The Morgan fingerprint density at radius 2 is 2.00 bits per heavy atom. The van der Waals surface area contributed by atoms with Crippen LogP contribution in [-0.2, 0) is 4.79 Å². The van der Waals surface area contributed by atoms with Crippen molar-refractivity contribution in [2.45, 2.75) is 50.7 Å². The summed E-state index contributed by atoms with van der Waals surface area (Å²) in [6, 6.07) is 0.521. The van der Waals surface area contributed by atoms with Crippen LogP contribution < -0.4 is 11.1 Å². The van der Waals surface area contributed by atoms with Crippen LogP contribution in [0.4, 0.5) is 0 Å². The lowest BCUT2D eigenvalue weighted by Crippen LogP contribution is -2.50. The van der Waals surface area contributed by atoms with E-state index in [4.69, 9.17) is 5.73 Å². The van der Waals surface area contributed by atoms with Gasteiger partial charge in [-0.1, -0.05) is 6.42 Å². The number of amides is 1. The molecule has 0 spiro atoms. The number of piperidine rings is 1. The van der Waals surface area contributed by atoms with Crippen LogP contribution in [0.1, 0.15) is 32.6 Å². The first kappa shape index (κ1) is 17.0. The number of nitrogens with two attached hydrogens (primary N) is 1. The molecular weight excluding hydrogens is 261 g/mol. The second kappa shape index (κ2) is 7.41. The lowest BCUT2D eigenvalue weighted by atomic mass is 9.99. The molecule has 2 fully saturated rings. The van der Waals surface area contributed by atoms with Crippen LogP contribution in [0.25, 0.3) is 0 Å². The van der Waals surface area contributed by atoms with Crippen LogP contribution >= 0.6 is 24.8 Å². The molecular formula is C11H23Cl2N3O. The molecule has 0 aliphatic carbocycles. The Hall–Kier alpha value is -0.0300. The Labute approximate surface area is 115 Å². The third-order valence-corrected chi connectivity index (χ3v) is 3.60. The fourth-order valence-electron chi connectivity index (χ4n) is 2.73. The molecule has 102 valence electrons. The van der Waals surface area contributed by atoms with Gasteiger partial charge < -0.3 is 11.1 Å². The van der Waals surface area contributed by atoms with Gasteiger partial charge in [0.25, 0.3) is 0 Å². The number of hydrogen-bond donors (Lipinski definition) is 2. The lowest BCUT2D eigenvalue weighted by molar-refractivity contribution is -0.122. The number of halogens is 2. The van der Waals surface area contributed by atoms with Crippen LogP contribution in [0.3, 0.4) is 0 Å². The van der Waals surface area contributed by atoms with Gasteiger partial charge in [0, 0.05) is 18.6 Å². The highest BCUT2D eigenvalue weighted by Gasteiger charge is 2.36. The second-order valence-corrected chi connectivity index (χ2v) is 4.79. The zero-order valence-electron chi connectivity index (χ0n) is 10.2. The Kier molecular flexibility index (Phi) is 7.40. The fraction of sp³-hybridized carbons (Fsp3) is 0.909. The number of hydrogen-bond acceptors (Lipinski definition) is 3. The molecule has 2 heterocycles. The minimum Gasteiger partial charge on any atom is -0.350 e. The van der Waals surface area contributed by atoms with Crippen molar-refractivity contribution in [3.63, 3.8) is 0 Å². The predicted molar refractivity (Wildman–Crippen MR) is 73.9 cm³/mol.